The van der Waals surface area contributed by atoms with Gasteiger partial charge in [-0.25, -0.2) is 4.98 Å². The number of ether oxygens (including phenoxy) is 2. The van der Waals surface area contributed by atoms with Gasteiger partial charge in [0.2, 0.25) is 5.88 Å². The summed E-state index contributed by atoms with van der Waals surface area (Å²) in [5.41, 5.74) is 7.13. The van der Waals surface area contributed by atoms with Crippen molar-refractivity contribution >= 4 is 23.8 Å². The highest BCUT2D eigenvalue weighted by atomic mass is 19.4. The Morgan fingerprint density at radius 2 is 2.03 bits per heavy atom. The molecule has 4 rings (SSSR count). The molecule has 8 nitrogen and oxygen atoms in total. The van der Waals surface area contributed by atoms with Crippen LogP contribution < -0.4 is 21.3 Å². The van der Waals surface area contributed by atoms with Gasteiger partial charge in [0.15, 0.2) is 5.72 Å². The third-order valence-corrected chi connectivity index (χ3v) is 5.57. The van der Waals surface area contributed by atoms with E-state index in [-0.39, 0.29) is 5.82 Å². The summed E-state index contributed by atoms with van der Waals surface area (Å²) in [6, 6.07) is 10.0. The van der Waals surface area contributed by atoms with Crippen molar-refractivity contribution in [2.24, 2.45) is 4.99 Å². The first-order valence-electron chi connectivity index (χ1n) is 10.8. The molecule has 36 heavy (non-hydrogen) atoms. The second kappa shape index (κ2) is 9.50. The van der Waals surface area contributed by atoms with Crippen LogP contribution in [0.3, 0.4) is 0 Å². The van der Waals surface area contributed by atoms with Gasteiger partial charge in [-0.3, -0.25) is 14.4 Å². The first kappa shape index (κ1) is 25.0. The standard InChI is InChI=1S/C25H24F3N5O3/c1-24(36-14-25(26,27)28)9-8-16-11-19(15-4-6-20(29)17(10-15)12-30-2)23(34)33(22(16)32-24)18-5-7-21(35-3)31-13-18/h4-13,32H,14,29H2,1-3H3/t24-/m0/s1. The lowest BCUT2D eigenvalue weighted by atomic mass is 9.99. The molecule has 1 aliphatic heterocycles. The van der Waals surface area contributed by atoms with Crippen molar-refractivity contribution < 1.29 is 22.6 Å². The molecule has 0 aliphatic carbocycles. The minimum atomic E-state index is -4.52. The van der Waals surface area contributed by atoms with Gasteiger partial charge in [-0.2, -0.15) is 13.2 Å². The summed E-state index contributed by atoms with van der Waals surface area (Å²) in [6.45, 7) is -0.0146. The molecule has 2 aromatic heterocycles. The number of nitrogens with one attached hydrogen (secondary N) is 1. The number of nitrogens with zero attached hydrogens (tertiary/aromatic N) is 3. The highest BCUT2D eigenvalue weighted by molar-refractivity contribution is 5.89. The first-order chi connectivity index (χ1) is 17.0. The van der Waals surface area contributed by atoms with E-state index in [4.69, 9.17) is 15.2 Å². The van der Waals surface area contributed by atoms with Gasteiger partial charge in [0.05, 0.1) is 19.0 Å². The Kier molecular flexibility index (Phi) is 6.59. The first-order valence-corrected chi connectivity index (χ1v) is 10.8. The van der Waals surface area contributed by atoms with Crippen LogP contribution in [0.2, 0.25) is 0 Å². The van der Waals surface area contributed by atoms with Crippen molar-refractivity contribution in [3.05, 3.63) is 70.2 Å². The van der Waals surface area contributed by atoms with E-state index < -0.39 is 24.1 Å². The number of aliphatic imine (C=N–C) groups is 1. The minimum absolute atomic E-state index is 0.258. The molecule has 1 aromatic carbocycles. The monoisotopic (exact) mass is 499 g/mol. The number of methoxy groups -OCH3 is 1. The third-order valence-electron chi connectivity index (χ3n) is 5.57. The van der Waals surface area contributed by atoms with Gasteiger partial charge in [0, 0.05) is 41.7 Å². The molecule has 3 N–H and O–H groups in total. The fraction of sp³-hybridized carbons (Fsp3) is 0.240. The number of anilines is 2. The van der Waals surface area contributed by atoms with Crippen LogP contribution in [0.5, 0.6) is 5.88 Å². The fourth-order valence-electron chi connectivity index (χ4n) is 3.81. The van der Waals surface area contributed by atoms with E-state index in [0.29, 0.717) is 39.5 Å². The Morgan fingerprint density at radius 1 is 1.25 bits per heavy atom. The Morgan fingerprint density at radius 3 is 2.67 bits per heavy atom. The molecular formula is C25H24F3N5O3. The van der Waals surface area contributed by atoms with Crippen molar-refractivity contribution in [3.63, 3.8) is 0 Å². The van der Waals surface area contributed by atoms with E-state index >= 15 is 0 Å². The number of nitrogens with two attached hydrogens (primary N) is 1. The van der Waals surface area contributed by atoms with Crippen molar-refractivity contribution in [1.29, 1.82) is 0 Å². The predicted molar refractivity (Wildman–Crippen MR) is 133 cm³/mol. The Hall–Kier alpha value is -4.12. The van der Waals surface area contributed by atoms with Gasteiger partial charge in [0.1, 0.15) is 12.4 Å². The quantitative estimate of drug-likeness (QED) is 0.388. The molecule has 0 saturated heterocycles. The van der Waals surface area contributed by atoms with Crippen LogP contribution in [0, 0.1) is 0 Å². The highest BCUT2D eigenvalue weighted by Gasteiger charge is 2.35. The molecule has 11 heteroatoms. The molecule has 1 aliphatic rings. The highest BCUT2D eigenvalue weighted by Crippen LogP contribution is 2.34. The van der Waals surface area contributed by atoms with Crippen molar-refractivity contribution in [2.75, 3.05) is 31.8 Å². The van der Waals surface area contributed by atoms with Crippen molar-refractivity contribution in [2.45, 2.75) is 18.8 Å². The lowest BCUT2D eigenvalue weighted by Crippen LogP contribution is -2.42. The van der Waals surface area contributed by atoms with Gasteiger partial charge in [-0.1, -0.05) is 12.1 Å². The normalized spacial score (nSPS) is 17.2. The molecular weight excluding hydrogens is 475 g/mol. The van der Waals surface area contributed by atoms with E-state index in [0.717, 1.165) is 0 Å². The van der Waals surface area contributed by atoms with E-state index in [1.165, 1.54) is 30.9 Å². The summed E-state index contributed by atoms with van der Waals surface area (Å²) < 4.78 is 50.1. The number of halogens is 3. The van der Waals surface area contributed by atoms with Gasteiger partial charge >= 0.3 is 6.18 Å². The molecule has 0 bridgehead atoms. The lowest BCUT2D eigenvalue weighted by molar-refractivity contribution is -0.191. The maximum Gasteiger partial charge on any atom is 0.411 e. The molecule has 0 unspecified atom stereocenters. The smallest absolute Gasteiger partial charge is 0.411 e. The summed E-state index contributed by atoms with van der Waals surface area (Å²) in [4.78, 5) is 22.0. The molecule has 188 valence electrons. The minimum Gasteiger partial charge on any atom is -0.481 e. The topological polar surface area (TPSA) is 104 Å². The number of hydrogen-bond donors (Lipinski definition) is 2. The van der Waals surface area contributed by atoms with Crippen LogP contribution in [0.15, 0.2) is 58.5 Å². The van der Waals surface area contributed by atoms with E-state index in [9.17, 15) is 18.0 Å². The lowest BCUT2D eigenvalue weighted by Gasteiger charge is -2.34. The molecule has 3 aromatic rings. The SMILES string of the molecule is CN=Cc1cc(-c2cc3c(n(-c4ccc(OC)nc4)c2=O)N[C@@](C)(OCC(F)(F)F)C=C3)ccc1N. The van der Waals surface area contributed by atoms with Crippen molar-refractivity contribution in [1.82, 2.24) is 9.55 Å². The third kappa shape index (κ3) is 5.10. The molecule has 1 atom stereocenters. The summed E-state index contributed by atoms with van der Waals surface area (Å²) in [5, 5.41) is 2.96. The van der Waals surface area contributed by atoms with Gasteiger partial charge < -0.3 is 20.5 Å². The Labute approximate surface area is 204 Å². The van der Waals surface area contributed by atoms with Crippen LogP contribution in [0.25, 0.3) is 22.9 Å². The molecule has 0 amide bonds. The van der Waals surface area contributed by atoms with Gasteiger partial charge in [0.25, 0.3) is 5.56 Å². The summed E-state index contributed by atoms with van der Waals surface area (Å²) >= 11 is 0. The molecule has 0 radical (unpaired) electrons. The zero-order valence-corrected chi connectivity index (χ0v) is 19.8. The van der Waals surface area contributed by atoms with Crippen LogP contribution >= 0.6 is 0 Å². The van der Waals surface area contributed by atoms with E-state index in [1.54, 1.807) is 55.7 Å². The van der Waals surface area contributed by atoms with Gasteiger partial charge in [-0.15, -0.1) is 0 Å². The van der Waals surface area contributed by atoms with Crippen LogP contribution in [0.1, 0.15) is 18.1 Å². The molecule has 0 fully saturated rings. The largest absolute Gasteiger partial charge is 0.481 e. The maximum atomic E-state index is 13.8. The number of alkyl halides is 3. The van der Waals surface area contributed by atoms with E-state index in [2.05, 4.69) is 15.3 Å². The average molecular weight is 499 g/mol. The predicted octanol–water partition coefficient (Wildman–Crippen LogP) is 4.27. The summed E-state index contributed by atoms with van der Waals surface area (Å²) in [7, 11) is 3.08. The number of benzene rings is 1. The second-order valence-electron chi connectivity index (χ2n) is 8.26. The Bertz CT molecular complexity index is 1400. The molecule has 0 spiro atoms. The number of rotatable bonds is 6. The number of nitrogen functional groups attached to an aromatic ring is 1. The number of aromatic nitrogens is 2. The summed E-state index contributed by atoms with van der Waals surface area (Å²) in [5.74, 6) is 0.596. The zero-order valence-electron chi connectivity index (χ0n) is 19.8. The maximum absolute atomic E-state index is 13.8. The zero-order chi connectivity index (χ0) is 26.1. The van der Waals surface area contributed by atoms with Crippen LogP contribution in [-0.4, -0.2) is 48.4 Å². The number of pyridine rings is 2. The molecule has 0 saturated carbocycles. The number of hydrogen-bond acceptors (Lipinski definition) is 7. The van der Waals surface area contributed by atoms with Crippen LogP contribution in [-0.2, 0) is 4.74 Å². The Balaban J connectivity index is 1.90. The van der Waals surface area contributed by atoms with Gasteiger partial charge in [-0.05, 0) is 42.8 Å². The number of fused-ring (bicyclic) bond motifs is 1. The second-order valence-corrected chi connectivity index (χ2v) is 8.26. The average Bonchev–Trinajstić information content (AvgIpc) is 2.84. The van der Waals surface area contributed by atoms with E-state index in [1.807, 2.05) is 0 Å². The summed E-state index contributed by atoms with van der Waals surface area (Å²) in [6.07, 6.45) is 1.61. The van der Waals surface area contributed by atoms with Crippen LogP contribution in [0.4, 0.5) is 24.7 Å². The molecule has 3 heterocycles. The van der Waals surface area contributed by atoms with Crippen molar-refractivity contribution in [3.8, 4) is 22.7 Å². The fourth-order valence-corrected chi connectivity index (χ4v) is 3.81.